The van der Waals surface area contributed by atoms with Gasteiger partial charge in [0.05, 0.1) is 4.88 Å². The Morgan fingerprint density at radius 1 is 1.04 bits per heavy atom. The van der Waals surface area contributed by atoms with E-state index in [9.17, 15) is 9.59 Å². The second kappa shape index (κ2) is 7.62. The molecule has 2 amide bonds. The Morgan fingerprint density at radius 2 is 1.79 bits per heavy atom. The summed E-state index contributed by atoms with van der Waals surface area (Å²) in [5, 5.41) is 7.85. The van der Waals surface area contributed by atoms with Crippen LogP contribution in [0.5, 0.6) is 0 Å². The molecular weight excluding hydrogens is 320 g/mol. The summed E-state index contributed by atoms with van der Waals surface area (Å²) in [6.07, 6.45) is 4.68. The average Bonchev–Trinajstić information content (AvgIpc) is 3.12. The van der Waals surface area contributed by atoms with Gasteiger partial charge in [-0.25, -0.2) is 0 Å². The van der Waals surface area contributed by atoms with Crippen molar-refractivity contribution in [2.75, 3.05) is 5.32 Å². The summed E-state index contributed by atoms with van der Waals surface area (Å²) in [6.45, 7) is 2.20. The quantitative estimate of drug-likeness (QED) is 0.870. The lowest BCUT2D eigenvalue weighted by Crippen LogP contribution is -2.41. The zero-order chi connectivity index (χ0) is 16.9. The summed E-state index contributed by atoms with van der Waals surface area (Å²) in [6, 6.07) is 11.0. The van der Waals surface area contributed by atoms with Gasteiger partial charge in [0, 0.05) is 17.3 Å². The smallest absolute Gasteiger partial charge is 0.265 e. The van der Waals surface area contributed by atoms with E-state index in [1.807, 2.05) is 11.4 Å². The van der Waals surface area contributed by atoms with Gasteiger partial charge in [0.25, 0.3) is 11.8 Å². The molecule has 1 aliphatic rings. The third-order valence-electron chi connectivity index (χ3n) is 4.58. The standard InChI is InChI=1S/C19H22N2O2S/c1-13-5-2-3-6-16(13)21-18(22)14-8-10-15(11-9-14)20-19(23)17-7-4-12-24-17/h4,7-13,16H,2-3,5-6H2,1H3,(H,20,23)(H,21,22)/t13-,16-/m0/s1. The number of carbonyl (C=O) groups is 2. The number of amides is 2. The lowest BCUT2D eigenvalue weighted by atomic mass is 9.86. The van der Waals surface area contributed by atoms with Crippen LogP contribution in [0.15, 0.2) is 41.8 Å². The van der Waals surface area contributed by atoms with Crippen LogP contribution in [0, 0.1) is 5.92 Å². The maximum absolute atomic E-state index is 12.4. The van der Waals surface area contributed by atoms with Crippen molar-refractivity contribution in [1.82, 2.24) is 5.32 Å². The molecule has 3 rings (SSSR count). The van der Waals surface area contributed by atoms with E-state index >= 15 is 0 Å². The van der Waals surface area contributed by atoms with E-state index in [1.54, 1.807) is 30.3 Å². The van der Waals surface area contributed by atoms with Gasteiger partial charge in [-0.15, -0.1) is 11.3 Å². The first-order valence-electron chi connectivity index (χ1n) is 8.39. The molecule has 2 atom stereocenters. The topological polar surface area (TPSA) is 58.2 Å². The maximum atomic E-state index is 12.4. The number of carbonyl (C=O) groups excluding carboxylic acids is 2. The van der Waals surface area contributed by atoms with E-state index in [-0.39, 0.29) is 17.9 Å². The Balaban J connectivity index is 1.59. The Bertz CT molecular complexity index is 695. The number of thiophene rings is 1. The molecule has 1 fully saturated rings. The van der Waals surface area contributed by atoms with Crippen molar-refractivity contribution in [2.45, 2.75) is 38.6 Å². The SMILES string of the molecule is C[C@H]1CCCC[C@@H]1NC(=O)c1ccc(NC(=O)c2cccs2)cc1. The van der Waals surface area contributed by atoms with Crippen molar-refractivity contribution in [3.05, 3.63) is 52.2 Å². The van der Waals surface area contributed by atoms with Gasteiger partial charge in [-0.05, 0) is 54.5 Å². The van der Waals surface area contributed by atoms with Gasteiger partial charge in [-0.2, -0.15) is 0 Å². The third kappa shape index (κ3) is 4.03. The van der Waals surface area contributed by atoms with Gasteiger partial charge in [0.1, 0.15) is 0 Å². The minimum Gasteiger partial charge on any atom is -0.349 e. The van der Waals surface area contributed by atoms with Crippen LogP contribution in [0.2, 0.25) is 0 Å². The van der Waals surface area contributed by atoms with Crippen LogP contribution in [0.25, 0.3) is 0 Å². The van der Waals surface area contributed by atoms with E-state index < -0.39 is 0 Å². The van der Waals surface area contributed by atoms with Gasteiger partial charge < -0.3 is 10.6 Å². The van der Waals surface area contributed by atoms with E-state index in [0.29, 0.717) is 22.0 Å². The van der Waals surface area contributed by atoms with E-state index in [2.05, 4.69) is 17.6 Å². The second-order valence-corrected chi connectivity index (χ2v) is 7.30. The van der Waals surface area contributed by atoms with Crippen LogP contribution in [0.3, 0.4) is 0 Å². The molecule has 126 valence electrons. The van der Waals surface area contributed by atoms with Gasteiger partial charge in [0.2, 0.25) is 0 Å². The Morgan fingerprint density at radius 3 is 2.46 bits per heavy atom. The molecule has 1 aliphatic carbocycles. The largest absolute Gasteiger partial charge is 0.349 e. The molecule has 2 N–H and O–H groups in total. The van der Waals surface area contributed by atoms with Crippen molar-refractivity contribution in [3.8, 4) is 0 Å². The van der Waals surface area contributed by atoms with Crippen LogP contribution in [0.4, 0.5) is 5.69 Å². The van der Waals surface area contributed by atoms with E-state index in [1.165, 1.54) is 30.6 Å². The molecular formula is C19H22N2O2S. The summed E-state index contributed by atoms with van der Waals surface area (Å²) in [4.78, 5) is 25.1. The van der Waals surface area contributed by atoms with E-state index in [0.717, 1.165) is 6.42 Å². The highest BCUT2D eigenvalue weighted by atomic mass is 32.1. The minimum absolute atomic E-state index is 0.0371. The fourth-order valence-corrected chi connectivity index (χ4v) is 3.71. The molecule has 1 heterocycles. The highest BCUT2D eigenvalue weighted by molar-refractivity contribution is 7.12. The molecule has 24 heavy (non-hydrogen) atoms. The lowest BCUT2D eigenvalue weighted by molar-refractivity contribution is 0.0910. The molecule has 0 unspecified atom stereocenters. The normalized spacial score (nSPS) is 20.4. The molecule has 0 spiro atoms. The second-order valence-electron chi connectivity index (χ2n) is 6.35. The molecule has 0 saturated heterocycles. The molecule has 5 heteroatoms. The summed E-state index contributed by atoms with van der Waals surface area (Å²) in [5.41, 5.74) is 1.32. The third-order valence-corrected chi connectivity index (χ3v) is 5.45. The van der Waals surface area contributed by atoms with Crippen molar-refractivity contribution in [3.63, 3.8) is 0 Å². The number of hydrogen-bond acceptors (Lipinski definition) is 3. The number of hydrogen-bond donors (Lipinski definition) is 2. The number of nitrogens with one attached hydrogen (secondary N) is 2. The van der Waals surface area contributed by atoms with Crippen molar-refractivity contribution < 1.29 is 9.59 Å². The minimum atomic E-state index is -0.127. The van der Waals surface area contributed by atoms with Crippen LogP contribution in [0.1, 0.15) is 52.6 Å². The Hall–Kier alpha value is -2.14. The molecule has 1 saturated carbocycles. The first-order valence-corrected chi connectivity index (χ1v) is 9.27. The molecule has 2 aromatic rings. The van der Waals surface area contributed by atoms with Crippen LogP contribution < -0.4 is 10.6 Å². The highest BCUT2D eigenvalue weighted by Gasteiger charge is 2.23. The van der Waals surface area contributed by atoms with Gasteiger partial charge in [-0.3, -0.25) is 9.59 Å². The lowest BCUT2D eigenvalue weighted by Gasteiger charge is -2.29. The first kappa shape index (κ1) is 16.7. The predicted octanol–water partition coefficient (Wildman–Crippen LogP) is 4.31. The Kier molecular flexibility index (Phi) is 5.30. The molecule has 4 nitrogen and oxygen atoms in total. The molecule has 1 aromatic carbocycles. The monoisotopic (exact) mass is 342 g/mol. The fraction of sp³-hybridized carbons (Fsp3) is 0.368. The van der Waals surface area contributed by atoms with Crippen LogP contribution in [-0.2, 0) is 0 Å². The van der Waals surface area contributed by atoms with E-state index in [4.69, 9.17) is 0 Å². The predicted molar refractivity (Wildman–Crippen MR) is 97.6 cm³/mol. The summed E-state index contributed by atoms with van der Waals surface area (Å²) >= 11 is 1.40. The first-order chi connectivity index (χ1) is 11.6. The summed E-state index contributed by atoms with van der Waals surface area (Å²) in [7, 11) is 0. The van der Waals surface area contributed by atoms with Crippen molar-refractivity contribution in [2.24, 2.45) is 5.92 Å². The fourth-order valence-electron chi connectivity index (χ4n) is 3.09. The maximum Gasteiger partial charge on any atom is 0.265 e. The van der Waals surface area contributed by atoms with Crippen LogP contribution >= 0.6 is 11.3 Å². The van der Waals surface area contributed by atoms with Crippen molar-refractivity contribution >= 4 is 28.8 Å². The zero-order valence-electron chi connectivity index (χ0n) is 13.7. The summed E-state index contributed by atoms with van der Waals surface area (Å²) < 4.78 is 0. The average molecular weight is 342 g/mol. The number of rotatable bonds is 4. The number of benzene rings is 1. The number of anilines is 1. The van der Waals surface area contributed by atoms with Crippen LogP contribution in [-0.4, -0.2) is 17.9 Å². The molecule has 1 aromatic heterocycles. The highest BCUT2D eigenvalue weighted by Crippen LogP contribution is 2.24. The van der Waals surface area contributed by atoms with Gasteiger partial charge in [-0.1, -0.05) is 25.8 Å². The zero-order valence-corrected chi connectivity index (χ0v) is 14.6. The van der Waals surface area contributed by atoms with Gasteiger partial charge in [0.15, 0.2) is 0 Å². The van der Waals surface area contributed by atoms with Gasteiger partial charge >= 0.3 is 0 Å². The van der Waals surface area contributed by atoms with Crippen molar-refractivity contribution in [1.29, 1.82) is 0 Å². The Labute approximate surface area is 146 Å². The molecule has 0 bridgehead atoms. The molecule has 0 aliphatic heterocycles. The molecule has 0 radical (unpaired) electrons. The summed E-state index contributed by atoms with van der Waals surface area (Å²) in [5.74, 6) is 0.371.